The average Bonchev–Trinajstić information content (AvgIpc) is 3.38. The Kier molecular flexibility index (Phi) is 5.11. The van der Waals surface area contributed by atoms with Crippen molar-refractivity contribution >= 4 is 29.2 Å². The molecule has 2 heterocycles. The number of imidazole rings is 1. The number of hydrogen-bond donors (Lipinski definition) is 0. The number of hydrogen-bond acceptors (Lipinski definition) is 4. The van der Waals surface area contributed by atoms with Crippen LogP contribution in [-0.2, 0) is 6.54 Å². The molecule has 0 spiro atoms. The van der Waals surface area contributed by atoms with Gasteiger partial charge in [0.25, 0.3) is 11.8 Å². The molecule has 3 aromatic carbocycles. The molecule has 162 valence electrons. The third-order valence-corrected chi connectivity index (χ3v) is 5.71. The molecule has 5 rings (SSSR count). The zero-order valence-corrected chi connectivity index (χ0v) is 17.8. The second kappa shape index (κ2) is 8.11. The van der Waals surface area contributed by atoms with E-state index in [-0.39, 0.29) is 17.7 Å². The van der Waals surface area contributed by atoms with E-state index in [1.165, 1.54) is 30.5 Å². The Hall–Kier alpha value is -4.10. The van der Waals surface area contributed by atoms with Crippen LogP contribution in [0.3, 0.4) is 0 Å². The van der Waals surface area contributed by atoms with Gasteiger partial charge in [0, 0.05) is 23.0 Å². The number of aromatic nitrogens is 2. The molecule has 0 saturated carbocycles. The van der Waals surface area contributed by atoms with Crippen LogP contribution >= 0.6 is 11.6 Å². The summed E-state index contributed by atoms with van der Waals surface area (Å²) in [6, 6.07) is 17.0. The summed E-state index contributed by atoms with van der Waals surface area (Å²) in [6.45, 7) is -0.102. The van der Waals surface area contributed by atoms with Crippen LogP contribution in [-0.4, -0.2) is 32.0 Å². The molecular weight excluding hydrogens is 445 g/mol. The largest absolute Gasteiger partial charge is 0.302 e. The van der Waals surface area contributed by atoms with Crippen molar-refractivity contribution in [2.45, 2.75) is 6.54 Å². The molecule has 33 heavy (non-hydrogen) atoms. The Morgan fingerprint density at radius 1 is 0.909 bits per heavy atom. The number of nitrogens with zero attached hydrogens (tertiary/aromatic N) is 3. The van der Waals surface area contributed by atoms with Crippen LogP contribution < -0.4 is 0 Å². The summed E-state index contributed by atoms with van der Waals surface area (Å²) in [5, 5.41) is 0.306. The highest BCUT2D eigenvalue weighted by Crippen LogP contribution is 2.27. The van der Waals surface area contributed by atoms with Gasteiger partial charge in [-0.3, -0.25) is 19.3 Å². The molecule has 1 aromatic heterocycles. The topological polar surface area (TPSA) is 72.3 Å². The number of fused-ring (bicyclic) bond motifs is 1. The van der Waals surface area contributed by atoms with Crippen LogP contribution in [0.15, 0.2) is 79.1 Å². The van der Waals surface area contributed by atoms with Crippen LogP contribution in [0.1, 0.15) is 42.5 Å². The smallest absolute Gasteiger partial charge is 0.261 e. The van der Waals surface area contributed by atoms with Gasteiger partial charge in [0.05, 0.1) is 28.9 Å². The first-order chi connectivity index (χ1) is 16.0. The van der Waals surface area contributed by atoms with Crippen molar-refractivity contribution in [3.05, 3.63) is 118 Å². The summed E-state index contributed by atoms with van der Waals surface area (Å²) < 4.78 is 15.9. The van der Waals surface area contributed by atoms with E-state index in [0.717, 1.165) is 4.90 Å². The fourth-order valence-electron chi connectivity index (χ4n) is 3.89. The fourth-order valence-corrected chi connectivity index (χ4v) is 4.06. The van der Waals surface area contributed by atoms with E-state index in [0.29, 0.717) is 27.7 Å². The summed E-state index contributed by atoms with van der Waals surface area (Å²) in [4.78, 5) is 44.2. The van der Waals surface area contributed by atoms with Gasteiger partial charge in [0.15, 0.2) is 5.78 Å². The number of carbonyl (C=O) groups is 3. The first kappa shape index (κ1) is 20.8. The van der Waals surface area contributed by atoms with Gasteiger partial charge in [0.1, 0.15) is 11.6 Å². The number of benzene rings is 3. The number of rotatable bonds is 5. The summed E-state index contributed by atoms with van der Waals surface area (Å²) in [5.41, 5.74) is 1.14. The summed E-state index contributed by atoms with van der Waals surface area (Å²) >= 11 is 6.15. The van der Waals surface area contributed by atoms with Crippen molar-refractivity contribution in [3.8, 4) is 5.69 Å². The third-order valence-electron chi connectivity index (χ3n) is 5.48. The van der Waals surface area contributed by atoms with Crippen molar-refractivity contribution in [3.63, 3.8) is 0 Å². The molecule has 0 N–H and O–H groups in total. The Labute approximate surface area is 192 Å². The minimum atomic E-state index is -0.648. The zero-order chi connectivity index (χ0) is 23.1. The van der Waals surface area contributed by atoms with E-state index >= 15 is 0 Å². The second-order valence-electron chi connectivity index (χ2n) is 7.43. The number of carbonyl (C=O) groups excluding carboxylic acids is 3. The predicted octanol–water partition coefficient (Wildman–Crippen LogP) is 4.69. The van der Waals surface area contributed by atoms with Crippen LogP contribution in [0.4, 0.5) is 4.39 Å². The highest BCUT2D eigenvalue weighted by molar-refractivity contribution is 6.31. The Balaban J connectivity index is 1.54. The number of ketones is 1. The standard InChI is InChI=1S/C25H15ClFN3O3/c26-15-9-10-21(19(13-15)23(31)18-7-3-4-8-20(18)27)29-12-11-28-22(29)14-30-24(32)16-5-1-2-6-17(16)25(30)33/h1-13H,14H2. The van der Waals surface area contributed by atoms with Crippen LogP contribution in [0.5, 0.6) is 0 Å². The van der Waals surface area contributed by atoms with Gasteiger partial charge >= 0.3 is 0 Å². The zero-order valence-electron chi connectivity index (χ0n) is 17.0. The van der Waals surface area contributed by atoms with Crippen molar-refractivity contribution in [2.75, 3.05) is 0 Å². The van der Waals surface area contributed by atoms with Gasteiger partial charge in [-0.05, 0) is 42.5 Å². The summed E-state index contributed by atoms with van der Waals surface area (Å²) in [7, 11) is 0. The van der Waals surface area contributed by atoms with Crippen molar-refractivity contribution in [1.82, 2.24) is 14.5 Å². The molecule has 0 atom stereocenters. The molecule has 0 saturated heterocycles. The normalized spacial score (nSPS) is 12.8. The number of halogens is 2. The minimum absolute atomic E-state index is 0.0944. The van der Waals surface area contributed by atoms with Crippen molar-refractivity contribution in [1.29, 1.82) is 0 Å². The minimum Gasteiger partial charge on any atom is -0.302 e. The van der Waals surface area contributed by atoms with E-state index in [1.54, 1.807) is 53.2 Å². The molecule has 2 amide bonds. The molecule has 0 bridgehead atoms. The average molecular weight is 460 g/mol. The Bertz CT molecular complexity index is 1410. The molecule has 0 unspecified atom stereocenters. The van der Waals surface area contributed by atoms with Crippen LogP contribution in [0.25, 0.3) is 5.69 Å². The lowest BCUT2D eigenvalue weighted by Crippen LogP contribution is -2.30. The molecule has 6 nitrogen and oxygen atoms in total. The fraction of sp³-hybridized carbons (Fsp3) is 0.0400. The van der Waals surface area contributed by atoms with Crippen LogP contribution in [0, 0.1) is 5.82 Å². The van der Waals surface area contributed by atoms with Gasteiger partial charge in [0.2, 0.25) is 0 Å². The maximum absolute atomic E-state index is 14.3. The highest BCUT2D eigenvalue weighted by atomic mass is 35.5. The van der Waals surface area contributed by atoms with Gasteiger partial charge in [-0.1, -0.05) is 35.9 Å². The van der Waals surface area contributed by atoms with Gasteiger partial charge in [-0.25, -0.2) is 9.37 Å². The SMILES string of the molecule is O=C(c1ccccc1F)c1cc(Cl)ccc1-n1ccnc1CN1C(=O)c2ccccc2C1=O. The summed E-state index contributed by atoms with van der Waals surface area (Å²) in [5.74, 6) is -1.67. The first-order valence-corrected chi connectivity index (χ1v) is 10.4. The molecule has 8 heteroatoms. The monoisotopic (exact) mass is 459 g/mol. The van der Waals surface area contributed by atoms with E-state index in [1.807, 2.05) is 0 Å². The van der Waals surface area contributed by atoms with Gasteiger partial charge in [-0.2, -0.15) is 0 Å². The molecule has 0 aliphatic carbocycles. The third kappa shape index (κ3) is 3.52. The molecular formula is C25H15ClFN3O3. The van der Waals surface area contributed by atoms with E-state index in [4.69, 9.17) is 11.6 Å². The van der Waals surface area contributed by atoms with E-state index < -0.39 is 23.4 Å². The summed E-state index contributed by atoms with van der Waals surface area (Å²) in [6.07, 6.45) is 3.11. The Morgan fingerprint density at radius 3 is 2.27 bits per heavy atom. The quantitative estimate of drug-likeness (QED) is 0.320. The maximum Gasteiger partial charge on any atom is 0.261 e. The second-order valence-corrected chi connectivity index (χ2v) is 7.86. The van der Waals surface area contributed by atoms with Crippen LogP contribution in [0.2, 0.25) is 5.02 Å². The maximum atomic E-state index is 14.3. The first-order valence-electron chi connectivity index (χ1n) is 10.0. The number of amides is 2. The highest BCUT2D eigenvalue weighted by Gasteiger charge is 2.36. The Morgan fingerprint density at radius 2 is 1.58 bits per heavy atom. The lowest BCUT2D eigenvalue weighted by molar-refractivity contribution is 0.0637. The lowest BCUT2D eigenvalue weighted by atomic mass is 10.0. The molecule has 4 aromatic rings. The molecule has 0 fully saturated rings. The number of imide groups is 1. The molecule has 1 aliphatic rings. The van der Waals surface area contributed by atoms with Gasteiger partial charge in [-0.15, -0.1) is 0 Å². The van der Waals surface area contributed by atoms with E-state index in [2.05, 4.69) is 4.98 Å². The van der Waals surface area contributed by atoms with Crippen molar-refractivity contribution < 1.29 is 18.8 Å². The van der Waals surface area contributed by atoms with Gasteiger partial charge < -0.3 is 4.57 Å². The van der Waals surface area contributed by atoms with E-state index in [9.17, 15) is 18.8 Å². The molecule has 0 radical (unpaired) electrons. The lowest BCUT2D eigenvalue weighted by Gasteiger charge is -2.17. The van der Waals surface area contributed by atoms with Crippen molar-refractivity contribution in [2.24, 2.45) is 0 Å². The molecule has 1 aliphatic heterocycles. The predicted molar refractivity (Wildman–Crippen MR) is 119 cm³/mol.